The fourth-order valence-electron chi connectivity index (χ4n) is 10.2. The number of imide groups is 1. The van der Waals surface area contributed by atoms with Gasteiger partial charge in [0.05, 0.1) is 59.4 Å². The molecule has 16 nitrogen and oxygen atoms in total. The number of rotatable bonds is 12. The lowest BCUT2D eigenvalue weighted by molar-refractivity contribution is -0.134. The van der Waals surface area contributed by atoms with Gasteiger partial charge >= 0.3 is 0 Å². The summed E-state index contributed by atoms with van der Waals surface area (Å²) in [5.74, 6) is 6.22. The molecule has 2 aliphatic carbocycles. The van der Waals surface area contributed by atoms with Crippen LogP contribution in [0.5, 0.6) is 0 Å². The van der Waals surface area contributed by atoms with Gasteiger partial charge in [0.1, 0.15) is 24.2 Å². The lowest BCUT2D eigenvalue weighted by atomic mass is 9.85. The summed E-state index contributed by atoms with van der Waals surface area (Å²) in [6, 6.07) is 7.37. The molecule has 2 N–H and O–H groups in total. The number of likely N-dealkylation sites (tertiary alicyclic amines) is 1. The Hall–Kier alpha value is -5.84. The Balaban J connectivity index is 0.702. The quantitative estimate of drug-likeness (QED) is 0.116. The number of hydrogen-bond donors (Lipinski definition) is 2. The van der Waals surface area contributed by atoms with E-state index in [1.165, 1.54) is 29.8 Å². The normalized spacial score (nSPS) is 25.3. The van der Waals surface area contributed by atoms with Gasteiger partial charge in [0.15, 0.2) is 11.3 Å². The zero-order chi connectivity index (χ0) is 45.5. The number of alkyl halides is 3. The summed E-state index contributed by atoms with van der Waals surface area (Å²) in [7, 11) is 1.80. The predicted octanol–water partition coefficient (Wildman–Crippen LogP) is 5.74. The topological polar surface area (TPSA) is 166 Å². The average Bonchev–Trinajstić information content (AvgIpc) is 3.69. The van der Waals surface area contributed by atoms with E-state index in [-0.39, 0.29) is 54.8 Å². The molecule has 66 heavy (non-hydrogen) atoms. The molecule has 3 amide bonds. The summed E-state index contributed by atoms with van der Waals surface area (Å²) in [6.07, 6.45) is 7.98. The monoisotopic (exact) mass is 909 g/mol. The van der Waals surface area contributed by atoms with Crippen LogP contribution in [0.25, 0.3) is 16.6 Å². The van der Waals surface area contributed by atoms with Crippen molar-refractivity contribution in [2.24, 2.45) is 18.9 Å². The second kappa shape index (κ2) is 18.8. The zero-order valence-electron chi connectivity index (χ0n) is 36.9. The molecule has 3 aliphatic heterocycles. The number of carbonyl (C=O) groups is 3. The molecule has 0 bridgehead atoms. The number of hydrogen-bond acceptors (Lipinski definition) is 11. The Bertz CT molecular complexity index is 2680. The van der Waals surface area contributed by atoms with Crippen molar-refractivity contribution in [3.05, 3.63) is 65.4 Å². The standard InChI is InChI=1S/C47H54F3N11O5/c1-57-43-30(4-2-6-33(43)41(55-57)34-13-14-40(62)54-46(34)63)5-3-20-66-38-15-17-58(26-36(38)48)24-29-9-11-31(12-10-29)61-27-37(42(56-61)44(49)50)52-47(64)35-23-51-60-18-16-39(53-45(35)60)59-19-21-65-32(25-59)22-28-7-8-28/h2,4,6,16,18,23,27-29,31-32,34,36,38,44H,7-15,17,19-22,24-26H2,1H3,(H,52,64)(H,54,62,63)/t29?,31?,32?,34-,36+,38-/m0/s1. The van der Waals surface area contributed by atoms with Gasteiger partial charge in [-0.15, -0.1) is 0 Å². The number of nitrogens with zero attached hydrogens (tertiary/aromatic N) is 9. The van der Waals surface area contributed by atoms with Crippen molar-refractivity contribution in [2.45, 2.75) is 101 Å². The van der Waals surface area contributed by atoms with Gasteiger partial charge in [0.25, 0.3) is 12.3 Å². The molecule has 0 spiro atoms. The molecule has 4 atom stereocenters. The SMILES string of the molecule is Cn1nc([C@@H]2CCC(=O)NC2=O)c2cccc(C#CCO[C@H]3CCN(CC4CCC(n5cc(NC(=O)c6cnn7ccc(N8CCOC(CC9CC9)C8)nc67)c(C(F)F)n5)CC4)C[C@H]3F)c21. The van der Waals surface area contributed by atoms with E-state index in [4.69, 9.17) is 14.5 Å². The lowest BCUT2D eigenvalue weighted by Gasteiger charge is -2.38. The van der Waals surface area contributed by atoms with Gasteiger partial charge in [-0.1, -0.05) is 36.8 Å². The first-order valence-electron chi connectivity index (χ1n) is 23.2. The fourth-order valence-corrected chi connectivity index (χ4v) is 10.2. The van der Waals surface area contributed by atoms with Gasteiger partial charge in [0, 0.05) is 64.0 Å². The fraction of sp³-hybridized carbons (Fsp3) is 0.553. The van der Waals surface area contributed by atoms with E-state index in [0.717, 1.165) is 42.6 Å². The maximum absolute atomic E-state index is 15.5. The predicted molar refractivity (Wildman–Crippen MR) is 237 cm³/mol. The number of para-hydroxylation sites is 1. The molecule has 7 heterocycles. The molecule has 3 saturated heterocycles. The smallest absolute Gasteiger partial charge is 0.284 e. The number of amides is 3. The van der Waals surface area contributed by atoms with Crippen LogP contribution in [0.2, 0.25) is 0 Å². The van der Waals surface area contributed by atoms with Gasteiger partial charge in [-0.2, -0.15) is 15.3 Å². The molecule has 4 aromatic heterocycles. The minimum atomic E-state index is -2.90. The molecule has 0 radical (unpaired) electrons. The van der Waals surface area contributed by atoms with Crippen molar-refractivity contribution in [1.82, 2.24) is 44.4 Å². The van der Waals surface area contributed by atoms with Crippen molar-refractivity contribution in [3.8, 4) is 11.8 Å². The second-order valence-corrected chi connectivity index (χ2v) is 18.5. The number of nitrogens with one attached hydrogen (secondary N) is 2. The highest BCUT2D eigenvalue weighted by molar-refractivity contribution is 6.08. The number of carbonyl (C=O) groups excluding carboxylic acids is 3. The molecule has 1 unspecified atom stereocenters. The van der Waals surface area contributed by atoms with Gasteiger partial charge in [-0.05, 0) is 68.9 Å². The first-order valence-corrected chi connectivity index (χ1v) is 23.2. The highest BCUT2D eigenvalue weighted by atomic mass is 19.3. The largest absolute Gasteiger partial charge is 0.375 e. The number of ether oxygens (including phenoxy) is 2. The van der Waals surface area contributed by atoms with Gasteiger partial charge in [-0.25, -0.2) is 22.7 Å². The third kappa shape index (κ3) is 9.40. The van der Waals surface area contributed by atoms with Crippen molar-refractivity contribution in [3.63, 3.8) is 0 Å². The highest BCUT2D eigenvalue weighted by Crippen LogP contribution is 2.37. The van der Waals surface area contributed by atoms with E-state index in [2.05, 4.69) is 47.6 Å². The number of fused-ring (bicyclic) bond motifs is 2. The summed E-state index contributed by atoms with van der Waals surface area (Å²) >= 11 is 0. The van der Waals surface area contributed by atoms with Crippen LogP contribution in [0.1, 0.15) is 110 Å². The molecule has 19 heteroatoms. The molecule has 5 aromatic rings. The van der Waals surface area contributed by atoms with E-state index in [9.17, 15) is 23.2 Å². The van der Waals surface area contributed by atoms with E-state index in [1.54, 1.807) is 22.6 Å². The number of aromatic nitrogens is 7. The Kier molecular flexibility index (Phi) is 12.5. The zero-order valence-corrected chi connectivity index (χ0v) is 36.9. The number of benzene rings is 1. The maximum atomic E-state index is 15.5. The van der Waals surface area contributed by atoms with Crippen molar-refractivity contribution < 1.29 is 37.0 Å². The summed E-state index contributed by atoms with van der Waals surface area (Å²) in [5, 5.41) is 19.1. The summed E-state index contributed by atoms with van der Waals surface area (Å²) in [6.45, 7) is 3.73. The number of piperidine rings is 2. The molecule has 2 saturated carbocycles. The van der Waals surface area contributed by atoms with E-state index >= 15 is 4.39 Å². The van der Waals surface area contributed by atoms with Crippen molar-refractivity contribution >= 4 is 45.8 Å². The first-order chi connectivity index (χ1) is 32.0. The minimum Gasteiger partial charge on any atom is -0.375 e. The van der Waals surface area contributed by atoms with Crippen LogP contribution >= 0.6 is 0 Å². The summed E-state index contributed by atoms with van der Waals surface area (Å²) in [4.78, 5) is 47.0. The van der Waals surface area contributed by atoms with Crippen LogP contribution in [-0.4, -0.2) is 121 Å². The van der Waals surface area contributed by atoms with Crippen LogP contribution in [-0.2, 0) is 26.1 Å². The maximum Gasteiger partial charge on any atom is 0.284 e. The van der Waals surface area contributed by atoms with E-state index in [1.807, 2.05) is 24.3 Å². The third-order valence-corrected chi connectivity index (χ3v) is 13.9. The van der Waals surface area contributed by atoms with Gasteiger partial charge < -0.3 is 19.7 Å². The number of anilines is 2. The number of morpholine rings is 1. The molecule has 1 aromatic carbocycles. The Morgan fingerprint density at radius 2 is 1.86 bits per heavy atom. The van der Waals surface area contributed by atoms with Crippen LogP contribution in [0.3, 0.4) is 0 Å². The molecule has 5 aliphatic rings. The number of aryl methyl sites for hydroxylation is 1. The van der Waals surface area contributed by atoms with Crippen LogP contribution in [0.15, 0.2) is 42.9 Å². The van der Waals surface area contributed by atoms with Gasteiger partial charge in [0.2, 0.25) is 11.8 Å². The van der Waals surface area contributed by atoms with Crippen LogP contribution in [0, 0.1) is 23.7 Å². The summed E-state index contributed by atoms with van der Waals surface area (Å²) < 4.78 is 60.9. The summed E-state index contributed by atoms with van der Waals surface area (Å²) in [5.41, 5.74) is 2.09. The van der Waals surface area contributed by atoms with Crippen molar-refractivity contribution in [2.75, 3.05) is 56.2 Å². The van der Waals surface area contributed by atoms with E-state index < -0.39 is 36.2 Å². The molecule has 348 valence electrons. The Labute approximate surface area is 379 Å². The second-order valence-electron chi connectivity index (χ2n) is 18.5. The van der Waals surface area contributed by atoms with Crippen LogP contribution < -0.4 is 15.5 Å². The minimum absolute atomic E-state index is 0.0415. The van der Waals surface area contributed by atoms with Crippen LogP contribution in [0.4, 0.5) is 24.7 Å². The lowest BCUT2D eigenvalue weighted by Crippen LogP contribution is -2.47. The Morgan fingerprint density at radius 3 is 2.65 bits per heavy atom. The van der Waals surface area contributed by atoms with Crippen molar-refractivity contribution in [1.29, 1.82) is 0 Å². The van der Waals surface area contributed by atoms with Gasteiger partial charge in [-0.3, -0.25) is 34.0 Å². The van der Waals surface area contributed by atoms with E-state index in [0.29, 0.717) is 80.6 Å². The molecular weight excluding hydrogens is 856 g/mol. The third-order valence-electron chi connectivity index (χ3n) is 13.9. The molecule has 5 fully saturated rings. The highest BCUT2D eigenvalue weighted by Gasteiger charge is 2.35. The first kappa shape index (κ1) is 44.0. The molecular formula is C47H54F3N11O5. The number of halogens is 3. The average molecular weight is 910 g/mol. The molecule has 10 rings (SSSR count). The Morgan fingerprint density at radius 1 is 1.03 bits per heavy atom.